The molecule has 0 aliphatic rings. The highest BCUT2D eigenvalue weighted by atomic mass is 16.5. The molecule has 28 heavy (non-hydrogen) atoms. The third-order valence-electron chi connectivity index (χ3n) is 4.56. The summed E-state index contributed by atoms with van der Waals surface area (Å²) >= 11 is 0. The van der Waals surface area contributed by atoms with Gasteiger partial charge in [0, 0.05) is 25.5 Å². The van der Waals surface area contributed by atoms with E-state index < -0.39 is 6.10 Å². The van der Waals surface area contributed by atoms with E-state index >= 15 is 0 Å². The standard InChI is InChI=1S/C22H27NO5/c1-23(15-19(25)17-12-13-20(27-2)21(14-17)28-3)22(26)11-7-10-18(24)16-8-5-4-6-9-16/h4-6,8-9,12-14,19,25H,7,10-11,15H2,1-3H3. The average molecular weight is 385 g/mol. The first kappa shape index (κ1) is 21.4. The minimum atomic E-state index is -0.847. The lowest BCUT2D eigenvalue weighted by molar-refractivity contribution is -0.131. The second-order valence-corrected chi connectivity index (χ2v) is 6.55. The number of ketones is 1. The predicted molar refractivity (Wildman–Crippen MR) is 107 cm³/mol. The summed E-state index contributed by atoms with van der Waals surface area (Å²) in [5.41, 5.74) is 1.30. The third kappa shape index (κ3) is 5.82. The minimum absolute atomic E-state index is 0.0291. The number of ether oxygens (including phenoxy) is 2. The molecule has 0 aliphatic heterocycles. The second kappa shape index (κ2) is 10.5. The van der Waals surface area contributed by atoms with Crippen molar-refractivity contribution in [2.75, 3.05) is 27.8 Å². The SMILES string of the molecule is COc1ccc(C(O)CN(C)C(=O)CCCC(=O)c2ccccc2)cc1OC. The van der Waals surface area contributed by atoms with Crippen LogP contribution < -0.4 is 9.47 Å². The highest BCUT2D eigenvalue weighted by Gasteiger charge is 2.17. The molecule has 0 bridgehead atoms. The average Bonchev–Trinajstić information content (AvgIpc) is 2.73. The van der Waals surface area contributed by atoms with E-state index in [1.165, 1.54) is 12.0 Å². The molecule has 0 saturated carbocycles. The number of methoxy groups -OCH3 is 2. The van der Waals surface area contributed by atoms with E-state index in [0.29, 0.717) is 35.5 Å². The fourth-order valence-electron chi connectivity index (χ4n) is 2.89. The molecule has 0 aliphatic carbocycles. The maximum Gasteiger partial charge on any atom is 0.222 e. The molecule has 0 fully saturated rings. The molecule has 2 aromatic carbocycles. The first-order chi connectivity index (χ1) is 13.5. The van der Waals surface area contributed by atoms with Crippen LogP contribution in [0, 0.1) is 0 Å². The van der Waals surface area contributed by atoms with E-state index in [9.17, 15) is 14.7 Å². The maximum absolute atomic E-state index is 12.3. The molecular weight excluding hydrogens is 358 g/mol. The first-order valence-corrected chi connectivity index (χ1v) is 9.18. The summed E-state index contributed by atoms with van der Waals surface area (Å²) < 4.78 is 10.4. The minimum Gasteiger partial charge on any atom is -0.493 e. The largest absolute Gasteiger partial charge is 0.493 e. The number of carbonyl (C=O) groups is 2. The van der Waals surface area contributed by atoms with Crippen LogP contribution in [-0.4, -0.2) is 49.5 Å². The van der Waals surface area contributed by atoms with Gasteiger partial charge in [0.2, 0.25) is 5.91 Å². The number of hydrogen-bond donors (Lipinski definition) is 1. The van der Waals surface area contributed by atoms with Crippen LogP contribution in [-0.2, 0) is 4.79 Å². The fraction of sp³-hybridized carbons (Fsp3) is 0.364. The number of hydrogen-bond acceptors (Lipinski definition) is 5. The highest BCUT2D eigenvalue weighted by molar-refractivity contribution is 5.96. The zero-order chi connectivity index (χ0) is 20.5. The quantitative estimate of drug-likeness (QED) is 0.636. The number of benzene rings is 2. The Morgan fingerprint density at radius 2 is 1.68 bits per heavy atom. The van der Waals surface area contributed by atoms with Crippen LogP contribution in [0.15, 0.2) is 48.5 Å². The maximum atomic E-state index is 12.3. The monoisotopic (exact) mass is 385 g/mol. The molecule has 0 aromatic heterocycles. The molecule has 0 saturated heterocycles. The van der Waals surface area contributed by atoms with Gasteiger partial charge in [0.1, 0.15) is 0 Å². The van der Waals surface area contributed by atoms with Gasteiger partial charge in [0.05, 0.1) is 26.9 Å². The Hall–Kier alpha value is -2.86. The van der Waals surface area contributed by atoms with E-state index in [-0.39, 0.29) is 24.7 Å². The topological polar surface area (TPSA) is 76.1 Å². The summed E-state index contributed by atoms with van der Waals surface area (Å²) in [6.07, 6.45) is 0.207. The molecule has 2 rings (SSSR count). The van der Waals surface area contributed by atoms with Crippen molar-refractivity contribution in [2.24, 2.45) is 0 Å². The van der Waals surface area contributed by atoms with Crippen molar-refractivity contribution in [3.63, 3.8) is 0 Å². The van der Waals surface area contributed by atoms with Crippen molar-refractivity contribution in [3.05, 3.63) is 59.7 Å². The highest BCUT2D eigenvalue weighted by Crippen LogP contribution is 2.30. The van der Waals surface area contributed by atoms with Crippen LogP contribution in [0.2, 0.25) is 0 Å². The summed E-state index contributed by atoms with van der Waals surface area (Å²) in [7, 11) is 4.72. The van der Waals surface area contributed by atoms with Crippen LogP contribution >= 0.6 is 0 Å². The molecule has 1 unspecified atom stereocenters. The zero-order valence-electron chi connectivity index (χ0n) is 16.6. The van der Waals surface area contributed by atoms with Crippen LogP contribution in [0.5, 0.6) is 11.5 Å². The lowest BCUT2D eigenvalue weighted by atomic mass is 10.0. The summed E-state index contributed by atoms with van der Waals surface area (Å²) in [4.78, 5) is 25.9. The summed E-state index contributed by atoms with van der Waals surface area (Å²) in [6, 6.07) is 14.2. The zero-order valence-corrected chi connectivity index (χ0v) is 16.6. The Bertz CT molecular complexity index is 791. The van der Waals surface area contributed by atoms with Crippen LogP contribution in [0.25, 0.3) is 0 Å². The van der Waals surface area contributed by atoms with E-state index in [2.05, 4.69) is 0 Å². The molecule has 1 N–H and O–H groups in total. The van der Waals surface area contributed by atoms with Gasteiger partial charge in [-0.15, -0.1) is 0 Å². The molecular formula is C22H27NO5. The number of amides is 1. The Balaban J connectivity index is 1.83. The number of nitrogens with zero attached hydrogens (tertiary/aromatic N) is 1. The van der Waals surface area contributed by atoms with Gasteiger partial charge in [0.25, 0.3) is 0 Å². The molecule has 6 nitrogen and oxygen atoms in total. The molecule has 1 amide bonds. The van der Waals surface area contributed by atoms with Crippen LogP contribution in [0.1, 0.15) is 41.3 Å². The molecule has 1 atom stereocenters. The Morgan fingerprint density at radius 3 is 2.32 bits per heavy atom. The molecule has 0 heterocycles. The van der Waals surface area contributed by atoms with Crippen LogP contribution in [0.3, 0.4) is 0 Å². The van der Waals surface area contributed by atoms with Gasteiger partial charge in [-0.25, -0.2) is 0 Å². The smallest absolute Gasteiger partial charge is 0.222 e. The van der Waals surface area contributed by atoms with Gasteiger partial charge >= 0.3 is 0 Å². The molecule has 0 radical (unpaired) electrons. The number of likely N-dealkylation sites (N-methyl/N-ethyl adjacent to an activating group) is 1. The third-order valence-corrected chi connectivity index (χ3v) is 4.56. The van der Waals surface area contributed by atoms with Gasteiger partial charge in [-0.2, -0.15) is 0 Å². The number of rotatable bonds is 10. The molecule has 2 aromatic rings. The lowest BCUT2D eigenvalue weighted by Gasteiger charge is -2.22. The van der Waals surface area contributed by atoms with Gasteiger partial charge in [-0.3, -0.25) is 9.59 Å². The first-order valence-electron chi connectivity index (χ1n) is 9.18. The van der Waals surface area contributed by atoms with Gasteiger partial charge in [0.15, 0.2) is 17.3 Å². The molecule has 150 valence electrons. The van der Waals surface area contributed by atoms with Crippen molar-refractivity contribution in [2.45, 2.75) is 25.4 Å². The predicted octanol–water partition coefficient (Wildman–Crippen LogP) is 3.25. The van der Waals surface area contributed by atoms with E-state index in [4.69, 9.17) is 9.47 Å². The van der Waals surface area contributed by atoms with E-state index in [1.54, 1.807) is 44.5 Å². The summed E-state index contributed by atoms with van der Waals surface area (Å²) in [5.74, 6) is 1.01. The Labute approximate surface area is 165 Å². The van der Waals surface area contributed by atoms with Gasteiger partial charge in [-0.05, 0) is 24.1 Å². The molecule has 6 heteroatoms. The van der Waals surface area contributed by atoms with Crippen molar-refractivity contribution in [1.29, 1.82) is 0 Å². The Morgan fingerprint density at radius 1 is 1.00 bits per heavy atom. The lowest BCUT2D eigenvalue weighted by Crippen LogP contribution is -2.31. The number of Topliss-reactive ketones (excluding diaryl/α,β-unsaturated/α-hetero) is 1. The van der Waals surface area contributed by atoms with Crippen molar-refractivity contribution >= 4 is 11.7 Å². The van der Waals surface area contributed by atoms with Crippen molar-refractivity contribution < 1.29 is 24.2 Å². The van der Waals surface area contributed by atoms with E-state index in [0.717, 1.165) is 0 Å². The van der Waals surface area contributed by atoms with Gasteiger partial charge in [-0.1, -0.05) is 36.4 Å². The normalized spacial score (nSPS) is 11.6. The molecule has 0 spiro atoms. The van der Waals surface area contributed by atoms with Crippen molar-refractivity contribution in [3.8, 4) is 11.5 Å². The van der Waals surface area contributed by atoms with Crippen LogP contribution in [0.4, 0.5) is 0 Å². The van der Waals surface area contributed by atoms with Gasteiger partial charge < -0.3 is 19.5 Å². The Kier molecular flexibility index (Phi) is 8.02. The van der Waals surface area contributed by atoms with Crippen molar-refractivity contribution in [1.82, 2.24) is 4.90 Å². The second-order valence-electron chi connectivity index (χ2n) is 6.55. The summed E-state index contributed by atoms with van der Waals surface area (Å²) in [6.45, 7) is 0.154. The fourth-order valence-corrected chi connectivity index (χ4v) is 2.89. The number of carbonyl (C=O) groups excluding carboxylic acids is 2. The van der Waals surface area contributed by atoms with E-state index in [1.807, 2.05) is 18.2 Å². The number of aliphatic hydroxyl groups is 1. The summed E-state index contributed by atoms with van der Waals surface area (Å²) in [5, 5.41) is 10.4. The number of aliphatic hydroxyl groups excluding tert-OH is 1.